The smallest absolute Gasteiger partial charge is 0.345 e. The van der Waals surface area contributed by atoms with Gasteiger partial charge in [-0.25, -0.2) is 4.79 Å². The maximum absolute atomic E-state index is 12.3. The molecule has 0 bridgehead atoms. The summed E-state index contributed by atoms with van der Waals surface area (Å²) in [5.74, 6) is -0.729. The van der Waals surface area contributed by atoms with Gasteiger partial charge in [0.15, 0.2) is 5.82 Å². The number of carbonyl (C=O) groups excluding carboxylic acids is 2. The maximum atomic E-state index is 12.3. The van der Waals surface area contributed by atoms with Gasteiger partial charge in [-0.15, -0.1) is 0 Å². The minimum Gasteiger partial charge on any atom is -0.345 e. The number of H-pyrrole nitrogens is 1. The van der Waals surface area contributed by atoms with Crippen molar-refractivity contribution in [3.8, 4) is 0 Å². The Balaban J connectivity index is 1.67. The Morgan fingerprint density at radius 2 is 2.14 bits per heavy atom. The van der Waals surface area contributed by atoms with E-state index in [-0.39, 0.29) is 36.6 Å². The summed E-state index contributed by atoms with van der Waals surface area (Å²) in [6.45, 7) is 0.132. The minimum atomic E-state index is -0.659. The van der Waals surface area contributed by atoms with Crippen LogP contribution in [0.5, 0.6) is 0 Å². The third-order valence-electron chi connectivity index (χ3n) is 3.56. The van der Waals surface area contributed by atoms with Crippen LogP contribution in [-0.2, 0) is 11.3 Å². The average molecular weight is 302 g/mol. The van der Waals surface area contributed by atoms with Crippen LogP contribution in [0, 0.1) is 0 Å². The van der Waals surface area contributed by atoms with Gasteiger partial charge in [0.2, 0.25) is 5.91 Å². The molecule has 2 N–H and O–H groups in total. The van der Waals surface area contributed by atoms with E-state index in [1.807, 2.05) is 12.1 Å². The normalized spacial score (nSPS) is 16.2. The van der Waals surface area contributed by atoms with Crippen LogP contribution >= 0.6 is 0 Å². The first-order chi connectivity index (χ1) is 10.5. The summed E-state index contributed by atoms with van der Waals surface area (Å²) < 4.78 is 4.38. The Hall–Kier alpha value is -2.90. The topological polar surface area (TPSA) is 108 Å². The van der Waals surface area contributed by atoms with Crippen molar-refractivity contribution in [2.75, 3.05) is 7.05 Å². The predicted molar refractivity (Wildman–Crippen MR) is 74.9 cm³/mol. The molecular formula is C14H14N4O4. The summed E-state index contributed by atoms with van der Waals surface area (Å²) in [5.41, 5.74) is 1.42. The maximum Gasteiger partial charge on any atom is 0.438 e. The number of hydrogen-bond donors (Lipinski definition) is 2. The van der Waals surface area contributed by atoms with Crippen LogP contribution in [0.15, 0.2) is 33.6 Å². The van der Waals surface area contributed by atoms with E-state index in [4.69, 9.17) is 0 Å². The molecule has 2 aromatic rings. The zero-order chi connectivity index (χ0) is 15.7. The standard InChI is InChI=1S/C14H14N4O4/c1-18(7-11-16-14(21)22-17-11)12(19)6-10-8-4-2-3-5-9(8)13(20)15-10/h2-5,10H,6-7H2,1H3,(H,15,20)(H,16,17,21). The summed E-state index contributed by atoms with van der Waals surface area (Å²) in [6, 6.07) is 6.85. The number of benzene rings is 1. The number of nitrogens with one attached hydrogen (secondary N) is 2. The minimum absolute atomic E-state index is 0.132. The summed E-state index contributed by atoms with van der Waals surface area (Å²) in [5, 5.41) is 6.31. The molecule has 1 aromatic heterocycles. The lowest BCUT2D eigenvalue weighted by atomic mass is 10.0. The van der Waals surface area contributed by atoms with Crippen LogP contribution in [0.3, 0.4) is 0 Å². The van der Waals surface area contributed by atoms with E-state index in [1.54, 1.807) is 19.2 Å². The molecule has 2 amide bonds. The van der Waals surface area contributed by atoms with Crippen LogP contribution in [0.1, 0.15) is 34.2 Å². The largest absolute Gasteiger partial charge is 0.438 e. The van der Waals surface area contributed by atoms with E-state index in [0.29, 0.717) is 5.56 Å². The highest BCUT2D eigenvalue weighted by Gasteiger charge is 2.30. The average Bonchev–Trinajstić information content (AvgIpc) is 3.04. The molecule has 0 saturated heterocycles. The SMILES string of the molecule is CN(Cc1noc(=O)[nH]1)C(=O)CC1NC(=O)c2ccccc21. The molecule has 0 saturated carbocycles. The molecule has 0 aliphatic carbocycles. The fourth-order valence-corrected chi connectivity index (χ4v) is 2.45. The molecule has 0 radical (unpaired) electrons. The number of aromatic nitrogens is 2. The Morgan fingerprint density at radius 3 is 2.86 bits per heavy atom. The lowest BCUT2D eigenvalue weighted by Crippen LogP contribution is -2.31. The van der Waals surface area contributed by atoms with Crippen molar-refractivity contribution in [1.29, 1.82) is 0 Å². The van der Waals surface area contributed by atoms with Gasteiger partial charge in [0.05, 0.1) is 19.0 Å². The molecule has 3 rings (SSSR count). The zero-order valence-corrected chi connectivity index (χ0v) is 11.8. The number of rotatable bonds is 4. The predicted octanol–water partition coefficient (Wildman–Crippen LogP) is 0.196. The molecule has 1 aliphatic heterocycles. The van der Waals surface area contributed by atoms with Crippen LogP contribution in [0.25, 0.3) is 0 Å². The first kappa shape index (κ1) is 14.1. The van der Waals surface area contributed by atoms with E-state index in [1.165, 1.54) is 4.90 Å². The zero-order valence-electron chi connectivity index (χ0n) is 11.8. The Kier molecular flexibility index (Phi) is 3.50. The van der Waals surface area contributed by atoms with Gasteiger partial charge in [-0.3, -0.25) is 19.1 Å². The molecule has 2 heterocycles. The Morgan fingerprint density at radius 1 is 1.36 bits per heavy atom. The van der Waals surface area contributed by atoms with Crippen LogP contribution < -0.4 is 11.1 Å². The van der Waals surface area contributed by atoms with Crippen LogP contribution in [0.4, 0.5) is 0 Å². The van der Waals surface area contributed by atoms with Gasteiger partial charge in [0.25, 0.3) is 5.91 Å². The molecule has 1 aromatic carbocycles. The summed E-state index contributed by atoms with van der Waals surface area (Å²) in [7, 11) is 1.60. The first-order valence-corrected chi connectivity index (χ1v) is 6.73. The van der Waals surface area contributed by atoms with Crippen molar-refractivity contribution < 1.29 is 14.1 Å². The summed E-state index contributed by atoms with van der Waals surface area (Å²) in [6.07, 6.45) is 0.140. The van der Waals surface area contributed by atoms with Crippen molar-refractivity contribution in [2.24, 2.45) is 0 Å². The second kappa shape index (κ2) is 5.47. The number of carbonyl (C=O) groups is 2. The van der Waals surface area contributed by atoms with Gasteiger partial charge in [-0.1, -0.05) is 23.4 Å². The monoisotopic (exact) mass is 302 g/mol. The molecule has 1 unspecified atom stereocenters. The summed E-state index contributed by atoms with van der Waals surface area (Å²) >= 11 is 0. The van der Waals surface area contributed by atoms with E-state index < -0.39 is 5.76 Å². The third-order valence-corrected chi connectivity index (χ3v) is 3.56. The van der Waals surface area contributed by atoms with Gasteiger partial charge in [-0.05, 0) is 11.6 Å². The van der Waals surface area contributed by atoms with E-state index in [0.717, 1.165) is 5.56 Å². The highest BCUT2D eigenvalue weighted by Crippen LogP contribution is 2.27. The molecular weight excluding hydrogens is 288 g/mol. The van der Waals surface area contributed by atoms with Crippen molar-refractivity contribution in [3.63, 3.8) is 0 Å². The number of fused-ring (bicyclic) bond motifs is 1. The highest BCUT2D eigenvalue weighted by molar-refractivity contribution is 5.99. The molecule has 1 aliphatic rings. The van der Waals surface area contributed by atoms with Gasteiger partial charge in [-0.2, -0.15) is 0 Å². The molecule has 0 fully saturated rings. The van der Waals surface area contributed by atoms with Crippen molar-refractivity contribution in [1.82, 2.24) is 20.4 Å². The number of amides is 2. The second-order valence-corrected chi connectivity index (χ2v) is 5.11. The molecule has 8 heteroatoms. The van der Waals surface area contributed by atoms with Gasteiger partial charge >= 0.3 is 5.76 Å². The summed E-state index contributed by atoms with van der Waals surface area (Å²) in [4.78, 5) is 38.7. The fraction of sp³-hybridized carbons (Fsp3) is 0.286. The second-order valence-electron chi connectivity index (χ2n) is 5.11. The van der Waals surface area contributed by atoms with Crippen molar-refractivity contribution >= 4 is 11.8 Å². The van der Waals surface area contributed by atoms with Crippen LogP contribution in [-0.4, -0.2) is 33.9 Å². The van der Waals surface area contributed by atoms with Crippen LogP contribution in [0.2, 0.25) is 0 Å². The molecule has 8 nitrogen and oxygen atoms in total. The number of aromatic amines is 1. The van der Waals surface area contributed by atoms with Gasteiger partial charge in [0.1, 0.15) is 0 Å². The first-order valence-electron chi connectivity index (χ1n) is 6.73. The molecule has 114 valence electrons. The fourth-order valence-electron chi connectivity index (χ4n) is 2.45. The van der Waals surface area contributed by atoms with Gasteiger partial charge in [0, 0.05) is 12.6 Å². The highest BCUT2D eigenvalue weighted by atomic mass is 16.5. The Bertz CT molecular complexity index is 779. The lowest BCUT2D eigenvalue weighted by Gasteiger charge is -2.18. The van der Waals surface area contributed by atoms with E-state index in [2.05, 4.69) is 20.0 Å². The molecule has 22 heavy (non-hydrogen) atoms. The van der Waals surface area contributed by atoms with E-state index >= 15 is 0 Å². The van der Waals surface area contributed by atoms with Crippen molar-refractivity contribution in [2.45, 2.75) is 19.0 Å². The number of hydrogen-bond acceptors (Lipinski definition) is 5. The quantitative estimate of drug-likeness (QED) is 0.838. The lowest BCUT2D eigenvalue weighted by molar-refractivity contribution is -0.131. The van der Waals surface area contributed by atoms with Crippen molar-refractivity contribution in [3.05, 3.63) is 51.8 Å². The molecule has 1 atom stereocenters. The third kappa shape index (κ3) is 2.62. The number of nitrogens with zero attached hydrogens (tertiary/aromatic N) is 2. The Labute approximate surface area is 125 Å². The van der Waals surface area contributed by atoms with Gasteiger partial charge < -0.3 is 10.2 Å². The molecule has 0 spiro atoms. The van der Waals surface area contributed by atoms with E-state index in [9.17, 15) is 14.4 Å².